The van der Waals surface area contributed by atoms with E-state index in [1.807, 2.05) is 23.1 Å². The van der Waals surface area contributed by atoms with E-state index in [-0.39, 0.29) is 5.91 Å². The summed E-state index contributed by atoms with van der Waals surface area (Å²) in [5.41, 5.74) is 6.76. The maximum Gasteiger partial charge on any atom is 0.232 e. The largest absolute Gasteiger partial charge is 0.338 e. The normalized spacial score (nSPS) is 10.9. The number of thioether (sulfide) groups is 1. The van der Waals surface area contributed by atoms with Crippen LogP contribution in [-0.4, -0.2) is 35.4 Å². The summed E-state index contributed by atoms with van der Waals surface area (Å²) in [6.45, 7) is 6.48. The Labute approximate surface area is 133 Å². The summed E-state index contributed by atoms with van der Waals surface area (Å²) < 4.78 is 0. The predicted octanol–water partition coefficient (Wildman–Crippen LogP) is 3.14. The van der Waals surface area contributed by atoms with E-state index in [2.05, 4.69) is 26.0 Å². The maximum atomic E-state index is 12.4. The Bertz CT molecular complexity index is 395. The van der Waals surface area contributed by atoms with Crippen molar-refractivity contribution in [3.63, 3.8) is 0 Å². The monoisotopic (exact) mass is 308 g/mol. The van der Waals surface area contributed by atoms with Gasteiger partial charge in [-0.25, -0.2) is 0 Å². The Balaban J connectivity index is 2.45. The van der Waals surface area contributed by atoms with Crippen molar-refractivity contribution in [3.8, 4) is 0 Å². The second-order valence-corrected chi connectivity index (χ2v) is 6.78. The zero-order valence-corrected chi connectivity index (χ0v) is 14.1. The van der Waals surface area contributed by atoms with Crippen LogP contribution in [0.15, 0.2) is 30.3 Å². The molecular weight excluding hydrogens is 280 g/mol. The van der Waals surface area contributed by atoms with Crippen LogP contribution in [-0.2, 0) is 11.3 Å². The number of amides is 1. The van der Waals surface area contributed by atoms with Crippen molar-refractivity contribution in [1.29, 1.82) is 0 Å². The van der Waals surface area contributed by atoms with Crippen LogP contribution in [0.3, 0.4) is 0 Å². The first-order valence-corrected chi connectivity index (χ1v) is 8.88. The molecule has 0 aromatic heterocycles. The van der Waals surface area contributed by atoms with Gasteiger partial charge in [-0.05, 0) is 36.6 Å². The number of nitrogens with zero attached hydrogens (tertiary/aromatic N) is 1. The van der Waals surface area contributed by atoms with Crippen LogP contribution >= 0.6 is 11.8 Å². The zero-order chi connectivity index (χ0) is 15.5. The molecule has 0 radical (unpaired) electrons. The van der Waals surface area contributed by atoms with Gasteiger partial charge in [-0.2, -0.15) is 11.8 Å². The maximum absolute atomic E-state index is 12.4. The molecule has 0 atom stereocenters. The van der Waals surface area contributed by atoms with Crippen LogP contribution in [0.1, 0.15) is 32.3 Å². The lowest BCUT2D eigenvalue weighted by atomic mass is 10.2. The number of carbonyl (C=O) groups is 1. The van der Waals surface area contributed by atoms with E-state index < -0.39 is 0 Å². The number of benzene rings is 1. The third-order valence-corrected chi connectivity index (χ3v) is 4.24. The van der Waals surface area contributed by atoms with Crippen molar-refractivity contribution in [2.45, 2.75) is 33.2 Å². The Morgan fingerprint density at radius 1 is 1.29 bits per heavy atom. The van der Waals surface area contributed by atoms with Gasteiger partial charge in [-0.15, -0.1) is 0 Å². The van der Waals surface area contributed by atoms with Gasteiger partial charge in [0.2, 0.25) is 5.91 Å². The van der Waals surface area contributed by atoms with Crippen LogP contribution < -0.4 is 5.73 Å². The molecule has 1 aromatic carbocycles. The lowest BCUT2D eigenvalue weighted by molar-refractivity contribution is -0.129. The first-order valence-electron chi connectivity index (χ1n) is 7.73. The highest BCUT2D eigenvalue weighted by Gasteiger charge is 2.13. The molecule has 0 heterocycles. The second-order valence-electron chi connectivity index (χ2n) is 5.68. The number of hydrogen-bond donors (Lipinski definition) is 1. The summed E-state index contributed by atoms with van der Waals surface area (Å²) in [5.74, 6) is 2.55. The minimum atomic E-state index is 0.223. The molecule has 21 heavy (non-hydrogen) atoms. The van der Waals surface area contributed by atoms with Gasteiger partial charge in [0.25, 0.3) is 0 Å². The highest BCUT2D eigenvalue weighted by atomic mass is 32.2. The molecule has 0 spiro atoms. The summed E-state index contributed by atoms with van der Waals surface area (Å²) >= 11 is 1.74. The SMILES string of the molecule is CC(C)CCSCC(=O)N(CCCN)Cc1ccccc1. The summed E-state index contributed by atoms with van der Waals surface area (Å²) in [6, 6.07) is 10.1. The van der Waals surface area contributed by atoms with Crippen LogP contribution in [0.5, 0.6) is 0 Å². The second kappa shape index (κ2) is 10.7. The molecule has 0 saturated heterocycles. The van der Waals surface area contributed by atoms with Gasteiger partial charge in [0.1, 0.15) is 0 Å². The van der Waals surface area contributed by atoms with Crippen molar-refractivity contribution in [1.82, 2.24) is 4.90 Å². The standard InChI is InChI=1S/C17H28N2OS/c1-15(2)9-12-21-14-17(20)19(11-6-10-18)13-16-7-4-3-5-8-16/h3-5,7-8,15H,6,9-14,18H2,1-2H3. The van der Waals surface area contributed by atoms with Crippen LogP contribution in [0.25, 0.3) is 0 Å². The minimum Gasteiger partial charge on any atom is -0.338 e. The Morgan fingerprint density at radius 2 is 2.00 bits per heavy atom. The summed E-state index contributed by atoms with van der Waals surface area (Å²) in [5, 5.41) is 0. The molecule has 0 fully saturated rings. The molecule has 3 nitrogen and oxygen atoms in total. The molecule has 0 aliphatic carbocycles. The van der Waals surface area contributed by atoms with E-state index in [0.717, 1.165) is 18.7 Å². The van der Waals surface area contributed by atoms with Crippen LogP contribution in [0.2, 0.25) is 0 Å². The molecule has 118 valence electrons. The van der Waals surface area contributed by atoms with Gasteiger partial charge in [0.05, 0.1) is 5.75 Å². The lowest BCUT2D eigenvalue weighted by Gasteiger charge is -2.22. The van der Waals surface area contributed by atoms with E-state index in [1.165, 1.54) is 12.0 Å². The molecule has 0 saturated carbocycles. The number of carbonyl (C=O) groups excluding carboxylic acids is 1. The smallest absolute Gasteiger partial charge is 0.232 e. The predicted molar refractivity (Wildman–Crippen MR) is 92.3 cm³/mol. The van der Waals surface area contributed by atoms with Crippen molar-refractivity contribution < 1.29 is 4.79 Å². The third-order valence-electron chi connectivity index (χ3n) is 3.27. The average Bonchev–Trinajstić information content (AvgIpc) is 2.48. The zero-order valence-electron chi connectivity index (χ0n) is 13.3. The van der Waals surface area contributed by atoms with E-state index in [9.17, 15) is 4.79 Å². The van der Waals surface area contributed by atoms with E-state index >= 15 is 0 Å². The van der Waals surface area contributed by atoms with Crippen LogP contribution in [0, 0.1) is 5.92 Å². The van der Waals surface area contributed by atoms with Crippen molar-refractivity contribution >= 4 is 17.7 Å². The summed E-state index contributed by atoms with van der Waals surface area (Å²) in [6.07, 6.45) is 2.02. The number of rotatable bonds is 10. The average molecular weight is 308 g/mol. The van der Waals surface area contributed by atoms with Gasteiger partial charge in [-0.3, -0.25) is 4.79 Å². The molecule has 1 rings (SSSR count). The van der Waals surface area contributed by atoms with Gasteiger partial charge in [-0.1, -0.05) is 44.2 Å². The fourth-order valence-corrected chi connectivity index (χ4v) is 3.09. The minimum absolute atomic E-state index is 0.223. The molecule has 0 aliphatic rings. The summed E-state index contributed by atoms with van der Waals surface area (Å²) in [4.78, 5) is 14.3. The fraction of sp³-hybridized carbons (Fsp3) is 0.588. The third kappa shape index (κ3) is 8.12. The van der Waals surface area contributed by atoms with Gasteiger partial charge >= 0.3 is 0 Å². The Morgan fingerprint density at radius 3 is 2.62 bits per heavy atom. The van der Waals surface area contributed by atoms with E-state index in [4.69, 9.17) is 5.73 Å². The van der Waals surface area contributed by atoms with Crippen molar-refractivity contribution in [2.75, 3.05) is 24.6 Å². The molecule has 0 unspecified atom stereocenters. The Hall–Kier alpha value is -1.00. The molecule has 4 heteroatoms. The first-order chi connectivity index (χ1) is 10.1. The highest BCUT2D eigenvalue weighted by molar-refractivity contribution is 7.99. The van der Waals surface area contributed by atoms with Gasteiger partial charge in [0, 0.05) is 13.1 Å². The van der Waals surface area contributed by atoms with Gasteiger partial charge < -0.3 is 10.6 Å². The molecular formula is C17H28N2OS. The quantitative estimate of drug-likeness (QED) is 0.675. The van der Waals surface area contributed by atoms with Crippen molar-refractivity contribution in [2.24, 2.45) is 11.7 Å². The molecule has 1 aromatic rings. The molecule has 2 N–H and O–H groups in total. The van der Waals surface area contributed by atoms with E-state index in [0.29, 0.717) is 24.8 Å². The number of nitrogens with two attached hydrogens (primary N) is 1. The lowest BCUT2D eigenvalue weighted by Crippen LogP contribution is -2.34. The number of hydrogen-bond acceptors (Lipinski definition) is 3. The molecule has 0 aliphatic heterocycles. The highest BCUT2D eigenvalue weighted by Crippen LogP contribution is 2.12. The van der Waals surface area contributed by atoms with Crippen LogP contribution in [0.4, 0.5) is 0 Å². The van der Waals surface area contributed by atoms with E-state index in [1.54, 1.807) is 11.8 Å². The van der Waals surface area contributed by atoms with Crippen molar-refractivity contribution in [3.05, 3.63) is 35.9 Å². The first kappa shape index (κ1) is 18.1. The molecule has 1 amide bonds. The summed E-state index contributed by atoms with van der Waals surface area (Å²) in [7, 11) is 0. The topological polar surface area (TPSA) is 46.3 Å². The van der Waals surface area contributed by atoms with Gasteiger partial charge in [0.15, 0.2) is 0 Å². The fourth-order valence-electron chi connectivity index (χ4n) is 1.95. The molecule has 0 bridgehead atoms. The Kier molecular flexibility index (Phi) is 9.19.